The van der Waals surface area contributed by atoms with Crippen LogP contribution in [0.4, 0.5) is 0 Å². The average Bonchev–Trinajstić information content (AvgIpc) is 2.77. The predicted octanol–water partition coefficient (Wildman–Crippen LogP) is 2.03. The van der Waals surface area contributed by atoms with Crippen molar-refractivity contribution in [1.29, 1.82) is 0 Å². The van der Waals surface area contributed by atoms with E-state index in [4.69, 9.17) is 4.74 Å². The summed E-state index contributed by atoms with van der Waals surface area (Å²) in [6.45, 7) is 4.86. The zero-order valence-corrected chi connectivity index (χ0v) is 11.9. The fourth-order valence-electron chi connectivity index (χ4n) is 1.55. The molecule has 0 aliphatic heterocycles. The maximum atomic E-state index is 11.9. The summed E-state index contributed by atoms with van der Waals surface area (Å²) in [6.07, 6.45) is 0.209. The highest BCUT2D eigenvalue weighted by Gasteiger charge is 2.14. The zero-order valence-electron chi connectivity index (χ0n) is 11.1. The lowest BCUT2D eigenvalue weighted by molar-refractivity contribution is 0.0920. The van der Waals surface area contributed by atoms with Crippen LogP contribution in [0.1, 0.15) is 35.5 Å². The molecule has 0 spiro atoms. The number of hydrogen-bond acceptors (Lipinski definition) is 4. The van der Waals surface area contributed by atoms with Gasteiger partial charge in [0.15, 0.2) is 0 Å². The highest BCUT2D eigenvalue weighted by atomic mass is 32.1. The van der Waals surface area contributed by atoms with Crippen molar-refractivity contribution in [2.45, 2.75) is 33.0 Å². The molecule has 0 aliphatic rings. The quantitative estimate of drug-likeness (QED) is 0.798. The molecule has 0 bridgehead atoms. The number of thiophene rings is 1. The third-order valence-corrected chi connectivity index (χ3v) is 3.70. The summed E-state index contributed by atoms with van der Waals surface area (Å²) in [5.41, 5.74) is 0.907. The third kappa shape index (κ3) is 4.40. The number of hydrogen-bond donors (Lipinski definition) is 2. The number of aliphatic hydroxyl groups is 1. The molecule has 0 aliphatic carbocycles. The van der Waals surface area contributed by atoms with Gasteiger partial charge < -0.3 is 15.2 Å². The van der Waals surface area contributed by atoms with Crippen LogP contribution in [0.2, 0.25) is 0 Å². The first kappa shape index (κ1) is 15.1. The second-order valence-corrected chi connectivity index (χ2v) is 5.48. The smallest absolute Gasteiger partial charge is 0.261 e. The van der Waals surface area contributed by atoms with Gasteiger partial charge in [0.05, 0.1) is 17.6 Å². The van der Waals surface area contributed by atoms with Crippen LogP contribution >= 0.6 is 11.3 Å². The van der Waals surface area contributed by atoms with Gasteiger partial charge in [0.2, 0.25) is 0 Å². The largest absolute Gasteiger partial charge is 0.393 e. The van der Waals surface area contributed by atoms with Crippen molar-refractivity contribution in [3.05, 3.63) is 21.9 Å². The highest BCUT2D eigenvalue weighted by Crippen LogP contribution is 2.17. The van der Waals surface area contributed by atoms with Gasteiger partial charge in [0.1, 0.15) is 0 Å². The van der Waals surface area contributed by atoms with E-state index in [0.717, 1.165) is 5.56 Å². The first-order chi connectivity index (χ1) is 8.56. The van der Waals surface area contributed by atoms with Crippen molar-refractivity contribution in [3.8, 4) is 0 Å². The van der Waals surface area contributed by atoms with Gasteiger partial charge in [-0.3, -0.25) is 4.79 Å². The first-order valence-electron chi connectivity index (χ1n) is 6.07. The minimum atomic E-state index is -0.368. The molecule has 5 heteroatoms. The number of nitrogens with one attached hydrogen (secondary N) is 1. The molecule has 4 nitrogen and oxygen atoms in total. The minimum Gasteiger partial charge on any atom is -0.393 e. The van der Waals surface area contributed by atoms with Gasteiger partial charge in [-0.2, -0.15) is 0 Å². The van der Waals surface area contributed by atoms with Gasteiger partial charge in [-0.05, 0) is 23.8 Å². The van der Waals surface area contributed by atoms with E-state index in [1.54, 1.807) is 7.11 Å². The Bertz CT molecular complexity index is 376. The Labute approximate surface area is 112 Å². The molecular formula is C13H21NO3S. The lowest BCUT2D eigenvalue weighted by atomic mass is 10.0. The highest BCUT2D eigenvalue weighted by molar-refractivity contribution is 7.12. The molecule has 1 amide bonds. The lowest BCUT2D eigenvalue weighted by Gasteiger charge is -2.14. The number of rotatable bonds is 7. The second-order valence-electron chi connectivity index (χ2n) is 4.56. The molecule has 1 aromatic rings. The fourth-order valence-corrected chi connectivity index (χ4v) is 2.38. The topological polar surface area (TPSA) is 58.6 Å². The van der Waals surface area contributed by atoms with Crippen molar-refractivity contribution in [1.82, 2.24) is 5.32 Å². The Hall–Kier alpha value is -0.910. The number of amides is 1. The Morgan fingerprint density at radius 3 is 2.89 bits per heavy atom. The number of methoxy groups -OCH3 is 1. The van der Waals surface area contributed by atoms with E-state index in [9.17, 15) is 9.90 Å². The lowest BCUT2D eigenvalue weighted by Crippen LogP contribution is -2.28. The van der Waals surface area contributed by atoms with Crippen LogP contribution in [0.15, 0.2) is 11.4 Å². The molecule has 0 fully saturated rings. The third-order valence-electron chi connectivity index (χ3n) is 2.75. The molecular weight excluding hydrogens is 250 g/mol. The van der Waals surface area contributed by atoms with Crippen molar-refractivity contribution < 1.29 is 14.6 Å². The summed E-state index contributed by atoms with van der Waals surface area (Å²) in [7, 11) is 1.61. The van der Waals surface area contributed by atoms with E-state index in [1.807, 2.05) is 25.3 Å². The van der Waals surface area contributed by atoms with E-state index in [-0.39, 0.29) is 17.9 Å². The van der Waals surface area contributed by atoms with Crippen LogP contribution in [-0.2, 0) is 11.3 Å². The van der Waals surface area contributed by atoms with E-state index in [2.05, 4.69) is 5.32 Å². The van der Waals surface area contributed by atoms with Gasteiger partial charge in [-0.1, -0.05) is 13.8 Å². The van der Waals surface area contributed by atoms with Crippen molar-refractivity contribution >= 4 is 17.2 Å². The molecule has 1 aromatic heterocycles. The van der Waals surface area contributed by atoms with Crippen LogP contribution in [0, 0.1) is 5.92 Å². The van der Waals surface area contributed by atoms with Crippen molar-refractivity contribution in [2.24, 2.45) is 5.92 Å². The number of ether oxygens (including phenoxy) is 1. The molecule has 2 N–H and O–H groups in total. The van der Waals surface area contributed by atoms with Gasteiger partial charge in [0, 0.05) is 19.2 Å². The van der Waals surface area contributed by atoms with E-state index >= 15 is 0 Å². The molecule has 0 aromatic carbocycles. The Balaban J connectivity index is 2.43. The molecule has 1 atom stereocenters. The fraction of sp³-hybridized carbons (Fsp3) is 0.615. The second kappa shape index (κ2) is 7.51. The number of aliphatic hydroxyl groups excluding tert-OH is 1. The molecule has 1 unspecified atom stereocenters. The number of carbonyl (C=O) groups is 1. The van der Waals surface area contributed by atoms with Crippen LogP contribution in [0.25, 0.3) is 0 Å². The zero-order chi connectivity index (χ0) is 13.5. The summed E-state index contributed by atoms with van der Waals surface area (Å²) in [5, 5.41) is 14.3. The molecule has 102 valence electrons. The standard InChI is InChI=1S/C13H21NO3S/c1-9(2)11(15)4-6-14-13(16)12-10(8-17-3)5-7-18-12/h5,7,9,11,15H,4,6,8H2,1-3H3,(H,14,16). The summed E-state index contributed by atoms with van der Waals surface area (Å²) in [5.74, 6) is 0.126. The predicted molar refractivity (Wildman–Crippen MR) is 72.8 cm³/mol. The van der Waals surface area contributed by atoms with Crippen LogP contribution in [0.3, 0.4) is 0 Å². The molecule has 18 heavy (non-hydrogen) atoms. The summed E-state index contributed by atoms with van der Waals surface area (Å²) < 4.78 is 5.04. The Kier molecular flexibility index (Phi) is 6.32. The maximum Gasteiger partial charge on any atom is 0.261 e. The monoisotopic (exact) mass is 271 g/mol. The van der Waals surface area contributed by atoms with E-state index in [0.29, 0.717) is 24.4 Å². The van der Waals surface area contributed by atoms with E-state index in [1.165, 1.54) is 11.3 Å². The SMILES string of the molecule is COCc1ccsc1C(=O)NCCC(O)C(C)C. The summed E-state index contributed by atoms with van der Waals surface area (Å²) in [4.78, 5) is 12.6. The van der Waals surface area contributed by atoms with E-state index < -0.39 is 0 Å². The van der Waals surface area contributed by atoms with Gasteiger partial charge in [-0.15, -0.1) is 11.3 Å². The Morgan fingerprint density at radius 2 is 2.28 bits per heavy atom. The van der Waals surface area contributed by atoms with Crippen LogP contribution in [0.5, 0.6) is 0 Å². The normalized spacial score (nSPS) is 12.7. The molecule has 1 heterocycles. The first-order valence-corrected chi connectivity index (χ1v) is 6.95. The number of carbonyl (C=O) groups excluding carboxylic acids is 1. The van der Waals surface area contributed by atoms with Gasteiger partial charge in [-0.25, -0.2) is 0 Å². The molecule has 0 radical (unpaired) electrons. The molecule has 0 saturated carbocycles. The Morgan fingerprint density at radius 1 is 1.56 bits per heavy atom. The van der Waals surface area contributed by atoms with Gasteiger partial charge in [0.25, 0.3) is 5.91 Å². The molecule has 1 rings (SSSR count). The van der Waals surface area contributed by atoms with Gasteiger partial charge >= 0.3 is 0 Å². The van der Waals surface area contributed by atoms with Crippen LogP contribution in [-0.4, -0.2) is 30.8 Å². The van der Waals surface area contributed by atoms with Crippen molar-refractivity contribution in [2.75, 3.05) is 13.7 Å². The average molecular weight is 271 g/mol. The minimum absolute atomic E-state index is 0.0898. The van der Waals surface area contributed by atoms with Crippen molar-refractivity contribution in [3.63, 3.8) is 0 Å². The maximum absolute atomic E-state index is 11.9. The molecule has 0 saturated heterocycles. The summed E-state index contributed by atoms with van der Waals surface area (Å²) in [6, 6.07) is 1.89. The van der Waals surface area contributed by atoms with Crippen LogP contribution < -0.4 is 5.32 Å². The summed E-state index contributed by atoms with van der Waals surface area (Å²) >= 11 is 1.41.